The van der Waals surface area contributed by atoms with E-state index in [2.05, 4.69) is 0 Å². The van der Waals surface area contributed by atoms with Crippen molar-refractivity contribution in [1.82, 2.24) is 4.31 Å². The molecule has 1 atom stereocenters. The molecule has 1 unspecified atom stereocenters. The van der Waals surface area contributed by atoms with Gasteiger partial charge in [-0.15, -0.1) is 0 Å². The highest BCUT2D eigenvalue weighted by Gasteiger charge is 2.34. The van der Waals surface area contributed by atoms with E-state index >= 15 is 0 Å². The maximum atomic E-state index is 13.0. The molecule has 3 rings (SSSR count). The van der Waals surface area contributed by atoms with Crippen molar-refractivity contribution >= 4 is 44.6 Å². The molecular weight excluding hydrogens is 413 g/mol. The van der Waals surface area contributed by atoms with Crippen molar-refractivity contribution < 1.29 is 13.3 Å². The van der Waals surface area contributed by atoms with Crippen molar-refractivity contribution in [2.45, 2.75) is 17.9 Å². The van der Waals surface area contributed by atoms with E-state index in [1.807, 2.05) is 11.8 Å². The second kappa shape index (κ2) is 7.63. The minimum absolute atomic E-state index is 0.0210. The zero-order valence-electron chi connectivity index (χ0n) is 14.4. The molecule has 0 aromatic heterocycles. The van der Waals surface area contributed by atoms with Crippen molar-refractivity contribution in [1.29, 1.82) is 0 Å². The summed E-state index contributed by atoms with van der Waals surface area (Å²) in [6.07, 6.45) is 0. The van der Waals surface area contributed by atoms with Crippen molar-refractivity contribution in [3.8, 4) is 0 Å². The molecule has 1 aliphatic rings. The molecule has 0 aliphatic carbocycles. The molecule has 27 heavy (non-hydrogen) atoms. The van der Waals surface area contributed by atoms with Crippen LogP contribution >= 0.6 is 23.2 Å². The third kappa shape index (κ3) is 4.03. The Hall–Kier alpha value is -1.87. The fraction of sp³-hybridized carbons (Fsp3) is 0.294. The fourth-order valence-electron chi connectivity index (χ4n) is 3.09. The number of piperazine rings is 1. The summed E-state index contributed by atoms with van der Waals surface area (Å²) in [6, 6.07) is 10.2. The molecule has 144 valence electrons. The van der Waals surface area contributed by atoms with Gasteiger partial charge in [0, 0.05) is 43.5 Å². The molecule has 1 fully saturated rings. The van der Waals surface area contributed by atoms with Gasteiger partial charge in [-0.1, -0.05) is 23.2 Å². The first-order chi connectivity index (χ1) is 12.7. The predicted molar refractivity (Wildman–Crippen MR) is 105 cm³/mol. The summed E-state index contributed by atoms with van der Waals surface area (Å²) in [5.74, 6) is 0. The number of halogens is 2. The van der Waals surface area contributed by atoms with Crippen molar-refractivity contribution in [2.75, 3.05) is 24.5 Å². The quantitative estimate of drug-likeness (QED) is 0.544. The van der Waals surface area contributed by atoms with Crippen LogP contribution in [0.5, 0.6) is 0 Å². The Bertz CT molecular complexity index is 967. The molecule has 1 heterocycles. The monoisotopic (exact) mass is 429 g/mol. The normalized spacial score (nSPS) is 18.5. The zero-order valence-corrected chi connectivity index (χ0v) is 16.7. The number of rotatable bonds is 4. The number of nitro groups is 1. The van der Waals surface area contributed by atoms with Crippen LogP contribution in [0.15, 0.2) is 47.4 Å². The molecule has 1 aliphatic heterocycles. The molecule has 0 amide bonds. The van der Waals surface area contributed by atoms with Crippen molar-refractivity contribution in [2.24, 2.45) is 0 Å². The summed E-state index contributed by atoms with van der Waals surface area (Å²) in [5.41, 5.74) is 0.840. The number of benzene rings is 2. The number of anilines is 1. The average molecular weight is 430 g/mol. The maximum Gasteiger partial charge on any atom is 0.269 e. The fourth-order valence-corrected chi connectivity index (χ4v) is 5.09. The first-order valence-corrected chi connectivity index (χ1v) is 10.4. The Morgan fingerprint density at radius 1 is 1.07 bits per heavy atom. The molecule has 10 heteroatoms. The summed E-state index contributed by atoms with van der Waals surface area (Å²) in [7, 11) is -3.70. The summed E-state index contributed by atoms with van der Waals surface area (Å²) in [5, 5.41) is 11.3. The molecule has 0 spiro atoms. The second-order valence-corrected chi connectivity index (χ2v) is 8.97. The molecule has 7 nitrogen and oxygen atoms in total. The topological polar surface area (TPSA) is 83.8 Å². The SMILES string of the molecule is CC1CN(c2ccc([N+](=O)[O-])cc2)CCN1S(=O)(=O)c1ccc(Cl)c(Cl)c1. The van der Waals surface area contributed by atoms with Crippen LogP contribution in [0, 0.1) is 10.1 Å². The first kappa shape index (κ1) is 19.9. The minimum Gasteiger partial charge on any atom is -0.369 e. The summed E-state index contributed by atoms with van der Waals surface area (Å²) in [6.45, 7) is 3.06. The van der Waals surface area contributed by atoms with Gasteiger partial charge >= 0.3 is 0 Å². The molecule has 0 saturated carbocycles. The molecule has 0 radical (unpaired) electrons. The molecule has 1 saturated heterocycles. The van der Waals surface area contributed by atoms with Crippen LogP contribution in [0.25, 0.3) is 0 Å². The lowest BCUT2D eigenvalue weighted by atomic mass is 10.2. The van der Waals surface area contributed by atoms with Gasteiger partial charge < -0.3 is 4.90 Å². The summed E-state index contributed by atoms with van der Waals surface area (Å²) in [4.78, 5) is 12.4. The number of nitro benzene ring substituents is 1. The summed E-state index contributed by atoms with van der Waals surface area (Å²) >= 11 is 11.8. The van der Waals surface area contributed by atoms with E-state index in [1.165, 1.54) is 34.6 Å². The number of hydrogen-bond donors (Lipinski definition) is 0. The lowest BCUT2D eigenvalue weighted by Crippen LogP contribution is -2.54. The maximum absolute atomic E-state index is 13.0. The van der Waals surface area contributed by atoms with Gasteiger partial charge in [0.2, 0.25) is 10.0 Å². The van der Waals surface area contributed by atoms with Crippen LogP contribution in [-0.2, 0) is 10.0 Å². The van der Waals surface area contributed by atoms with Crippen LogP contribution < -0.4 is 4.90 Å². The largest absolute Gasteiger partial charge is 0.369 e. The van der Waals surface area contributed by atoms with Crippen molar-refractivity contribution in [3.05, 3.63) is 62.6 Å². The van der Waals surface area contributed by atoms with Crippen LogP contribution in [-0.4, -0.2) is 43.3 Å². The first-order valence-electron chi connectivity index (χ1n) is 8.16. The Morgan fingerprint density at radius 2 is 1.74 bits per heavy atom. The van der Waals surface area contributed by atoms with Gasteiger partial charge in [-0.05, 0) is 37.3 Å². The second-order valence-electron chi connectivity index (χ2n) is 6.26. The number of non-ortho nitro benzene ring substituents is 1. The van der Waals surface area contributed by atoms with E-state index in [0.29, 0.717) is 24.7 Å². The highest BCUT2D eigenvalue weighted by atomic mass is 35.5. The lowest BCUT2D eigenvalue weighted by Gasteiger charge is -2.40. The van der Waals surface area contributed by atoms with Gasteiger partial charge in [-0.25, -0.2) is 8.42 Å². The van der Waals surface area contributed by atoms with Crippen molar-refractivity contribution in [3.63, 3.8) is 0 Å². The molecule has 2 aromatic rings. The lowest BCUT2D eigenvalue weighted by molar-refractivity contribution is -0.384. The highest BCUT2D eigenvalue weighted by Crippen LogP contribution is 2.29. The van der Waals surface area contributed by atoms with Gasteiger partial charge in [0.15, 0.2) is 0 Å². The summed E-state index contributed by atoms with van der Waals surface area (Å²) < 4.78 is 27.3. The van der Waals surface area contributed by atoms with E-state index in [4.69, 9.17) is 23.2 Å². The van der Waals surface area contributed by atoms with Gasteiger partial charge in [-0.2, -0.15) is 4.31 Å². The standard InChI is InChI=1S/C17H17Cl2N3O4S/c1-12-11-20(13-2-4-14(5-3-13)22(23)24)8-9-21(12)27(25,26)15-6-7-16(18)17(19)10-15/h2-7,10,12H,8-9,11H2,1H3. The van der Waals surface area contributed by atoms with Gasteiger partial charge in [0.05, 0.1) is 19.9 Å². The molecular formula is C17H17Cl2N3O4S. The van der Waals surface area contributed by atoms with Crippen LogP contribution in [0.1, 0.15) is 6.92 Å². The molecule has 2 aromatic carbocycles. The van der Waals surface area contributed by atoms with Gasteiger partial charge in [-0.3, -0.25) is 10.1 Å². The van der Waals surface area contributed by atoms with Crippen LogP contribution in [0.4, 0.5) is 11.4 Å². The Morgan fingerprint density at radius 3 is 2.30 bits per heavy atom. The zero-order chi connectivity index (χ0) is 19.8. The third-order valence-electron chi connectivity index (χ3n) is 4.49. The Labute approximate surface area is 167 Å². The molecule has 0 bridgehead atoms. The van der Waals surface area contributed by atoms with E-state index in [9.17, 15) is 18.5 Å². The van der Waals surface area contributed by atoms with E-state index in [-0.39, 0.29) is 21.6 Å². The molecule has 0 N–H and O–H groups in total. The Balaban J connectivity index is 1.78. The number of hydrogen-bond acceptors (Lipinski definition) is 5. The average Bonchev–Trinajstić information content (AvgIpc) is 2.63. The Kier molecular flexibility index (Phi) is 5.62. The van der Waals surface area contributed by atoms with Gasteiger partial charge in [0.25, 0.3) is 5.69 Å². The van der Waals surface area contributed by atoms with Crippen LogP contribution in [0.3, 0.4) is 0 Å². The predicted octanol–water partition coefficient (Wildman–Crippen LogP) is 3.80. The number of nitrogens with zero attached hydrogens (tertiary/aromatic N) is 3. The van der Waals surface area contributed by atoms with Crippen LogP contribution in [0.2, 0.25) is 10.0 Å². The number of sulfonamides is 1. The van der Waals surface area contributed by atoms with E-state index in [1.54, 1.807) is 12.1 Å². The smallest absolute Gasteiger partial charge is 0.269 e. The minimum atomic E-state index is -3.70. The van der Waals surface area contributed by atoms with Gasteiger partial charge in [0.1, 0.15) is 0 Å². The third-order valence-corrected chi connectivity index (χ3v) is 7.24. The van der Waals surface area contributed by atoms with E-state index in [0.717, 1.165) is 5.69 Å². The van der Waals surface area contributed by atoms with E-state index < -0.39 is 14.9 Å². The highest BCUT2D eigenvalue weighted by molar-refractivity contribution is 7.89.